The van der Waals surface area contributed by atoms with Crippen LogP contribution in [0.1, 0.15) is 5.69 Å². The Morgan fingerprint density at radius 1 is 1.07 bits per heavy atom. The lowest BCUT2D eigenvalue weighted by Gasteiger charge is -2.12. The SMILES string of the molecule is CS(=O)(=O)c1ccc(-c2nn(CC(=O)O)c(C(F)(F)F)c2-c2ccncc2)cc1. The fraction of sp³-hybridized carbons (Fsp3) is 0.167. The largest absolute Gasteiger partial charge is 0.480 e. The lowest BCUT2D eigenvalue weighted by Crippen LogP contribution is -2.19. The van der Waals surface area contributed by atoms with Crippen LogP contribution >= 0.6 is 0 Å². The van der Waals surface area contributed by atoms with Crippen molar-refractivity contribution in [2.45, 2.75) is 17.6 Å². The van der Waals surface area contributed by atoms with E-state index in [1.165, 1.54) is 48.8 Å². The molecule has 1 N–H and O–H groups in total. The van der Waals surface area contributed by atoms with Gasteiger partial charge in [0.15, 0.2) is 15.5 Å². The molecule has 0 aliphatic heterocycles. The Kier molecular flexibility index (Phi) is 5.18. The molecule has 152 valence electrons. The van der Waals surface area contributed by atoms with Gasteiger partial charge in [0.1, 0.15) is 12.2 Å². The Labute approximate surface area is 163 Å². The molecule has 3 aromatic rings. The summed E-state index contributed by atoms with van der Waals surface area (Å²) in [5.41, 5.74) is -1.30. The van der Waals surface area contributed by atoms with Crippen LogP contribution in [-0.4, -0.2) is 40.5 Å². The maximum Gasteiger partial charge on any atom is 0.433 e. The Bertz CT molecular complexity index is 1160. The fourth-order valence-electron chi connectivity index (χ4n) is 2.85. The second-order valence-corrected chi connectivity index (χ2v) is 8.17. The average Bonchev–Trinajstić information content (AvgIpc) is 3.00. The molecule has 0 saturated heterocycles. The molecule has 0 fully saturated rings. The van der Waals surface area contributed by atoms with Gasteiger partial charge in [0, 0.05) is 29.8 Å². The second-order valence-electron chi connectivity index (χ2n) is 6.15. The summed E-state index contributed by atoms with van der Waals surface area (Å²) in [7, 11) is -3.50. The third kappa shape index (κ3) is 4.29. The number of hydrogen-bond acceptors (Lipinski definition) is 5. The number of aliphatic carboxylic acids is 1. The molecular weight excluding hydrogens is 411 g/mol. The zero-order valence-corrected chi connectivity index (χ0v) is 15.7. The van der Waals surface area contributed by atoms with E-state index in [-0.39, 0.29) is 27.3 Å². The highest BCUT2D eigenvalue weighted by molar-refractivity contribution is 7.90. The van der Waals surface area contributed by atoms with Crippen molar-refractivity contribution in [3.63, 3.8) is 0 Å². The van der Waals surface area contributed by atoms with E-state index in [1.807, 2.05) is 0 Å². The Morgan fingerprint density at radius 3 is 2.14 bits per heavy atom. The molecule has 0 radical (unpaired) electrons. The number of carbonyl (C=O) groups is 1. The number of alkyl halides is 3. The number of hydrogen-bond donors (Lipinski definition) is 1. The molecule has 0 unspecified atom stereocenters. The molecule has 2 aromatic heterocycles. The van der Waals surface area contributed by atoms with E-state index in [0.29, 0.717) is 4.68 Å². The zero-order chi connectivity index (χ0) is 21.4. The lowest BCUT2D eigenvalue weighted by molar-refractivity contribution is -0.146. The van der Waals surface area contributed by atoms with E-state index in [4.69, 9.17) is 5.11 Å². The van der Waals surface area contributed by atoms with E-state index >= 15 is 0 Å². The minimum Gasteiger partial charge on any atom is -0.480 e. The molecule has 0 aliphatic rings. The van der Waals surface area contributed by atoms with Gasteiger partial charge in [-0.15, -0.1) is 0 Å². The van der Waals surface area contributed by atoms with Crippen molar-refractivity contribution in [2.24, 2.45) is 0 Å². The monoisotopic (exact) mass is 425 g/mol. The first-order valence-corrected chi connectivity index (χ1v) is 9.98. The molecule has 0 amide bonds. The number of rotatable bonds is 5. The van der Waals surface area contributed by atoms with Gasteiger partial charge in [-0.2, -0.15) is 18.3 Å². The molecule has 3 rings (SSSR count). The summed E-state index contributed by atoms with van der Waals surface area (Å²) in [6.45, 7) is -0.992. The molecule has 11 heteroatoms. The maximum atomic E-state index is 13.8. The summed E-state index contributed by atoms with van der Waals surface area (Å²) in [4.78, 5) is 14.9. The smallest absolute Gasteiger partial charge is 0.433 e. The first-order valence-electron chi connectivity index (χ1n) is 8.09. The lowest BCUT2D eigenvalue weighted by atomic mass is 9.99. The predicted molar refractivity (Wildman–Crippen MR) is 96.6 cm³/mol. The van der Waals surface area contributed by atoms with E-state index in [2.05, 4.69) is 10.1 Å². The molecular formula is C18H14F3N3O4S. The van der Waals surface area contributed by atoms with Gasteiger partial charge in [-0.3, -0.25) is 9.78 Å². The van der Waals surface area contributed by atoms with Crippen molar-refractivity contribution in [2.75, 3.05) is 6.26 Å². The number of sulfone groups is 1. The molecule has 7 nitrogen and oxygen atoms in total. The van der Waals surface area contributed by atoms with Gasteiger partial charge in [-0.1, -0.05) is 12.1 Å². The minimum atomic E-state index is -4.88. The van der Waals surface area contributed by atoms with Crippen LogP contribution in [-0.2, 0) is 27.4 Å². The summed E-state index contributed by atoms with van der Waals surface area (Å²) >= 11 is 0. The van der Waals surface area contributed by atoms with Crippen LogP contribution in [0.15, 0.2) is 53.7 Å². The first-order chi connectivity index (χ1) is 13.5. The molecule has 0 aliphatic carbocycles. The van der Waals surface area contributed by atoms with Crippen molar-refractivity contribution in [3.05, 3.63) is 54.5 Å². The highest BCUT2D eigenvalue weighted by atomic mass is 32.2. The van der Waals surface area contributed by atoms with Crippen molar-refractivity contribution >= 4 is 15.8 Å². The number of halogens is 3. The molecule has 0 saturated carbocycles. The summed E-state index contributed by atoms with van der Waals surface area (Å²) < 4.78 is 65.2. The Morgan fingerprint density at radius 2 is 1.66 bits per heavy atom. The van der Waals surface area contributed by atoms with Crippen LogP contribution in [0.5, 0.6) is 0 Å². The standard InChI is InChI=1S/C18H14F3N3O4S/c1-29(27,28)13-4-2-12(3-5-13)16-15(11-6-8-22-9-7-11)17(18(19,20)21)24(23-16)10-14(25)26/h2-9H,10H2,1H3,(H,25,26). The van der Waals surface area contributed by atoms with Gasteiger partial charge >= 0.3 is 12.1 Å². The van der Waals surface area contributed by atoms with Crippen LogP contribution in [0.4, 0.5) is 13.2 Å². The number of pyridine rings is 1. The van der Waals surface area contributed by atoms with Crippen LogP contribution in [0.3, 0.4) is 0 Å². The topological polar surface area (TPSA) is 102 Å². The predicted octanol–water partition coefficient (Wildman–Crippen LogP) is 3.12. The van der Waals surface area contributed by atoms with Crippen LogP contribution in [0, 0.1) is 0 Å². The van der Waals surface area contributed by atoms with Crippen molar-refractivity contribution < 1.29 is 31.5 Å². The summed E-state index contributed by atoms with van der Waals surface area (Å²) in [6.07, 6.45) is -1.26. The Balaban J connectivity index is 2.31. The van der Waals surface area contributed by atoms with Gasteiger partial charge < -0.3 is 5.11 Å². The molecule has 2 heterocycles. The van der Waals surface area contributed by atoms with Gasteiger partial charge in [-0.05, 0) is 29.8 Å². The molecule has 0 atom stereocenters. The summed E-state index contributed by atoms with van der Waals surface area (Å²) in [5, 5.41) is 12.9. The number of carboxylic acid groups (broad SMARTS) is 1. The van der Waals surface area contributed by atoms with Crippen molar-refractivity contribution in [1.29, 1.82) is 0 Å². The highest BCUT2D eigenvalue weighted by Gasteiger charge is 2.41. The number of nitrogens with zero attached hydrogens (tertiary/aromatic N) is 3. The molecule has 0 bridgehead atoms. The maximum absolute atomic E-state index is 13.8. The van der Waals surface area contributed by atoms with Gasteiger partial charge in [0.2, 0.25) is 0 Å². The van der Waals surface area contributed by atoms with Gasteiger partial charge in [-0.25, -0.2) is 13.1 Å². The van der Waals surface area contributed by atoms with E-state index in [9.17, 15) is 26.4 Å². The average molecular weight is 425 g/mol. The third-order valence-corrected chi connectivity index (χ3v) is 5.16. The molecule has 1 aromatic carbocycles. The molecule has 0 spiro atoms. The third-order valence-electron chi connectivity index (χ3n) is 4.03. The van der Waals surface area contributed by atoms with Crippen molar-refractivity contribution in [1.82, 2.24) is 14.8 Å². The zero-order valence-electron chi connectivity index (χ0n) is 14.9. The number of benzene rings is 1. The van der Waals surface area contributed by atoms with Crippen LogP contribution in [0.2, 0.25) is 0 Å². The highest BCUT2D eigenvalue weighted by Crippen LogP contribution is 2.42. The fourth-order valence-corrected chi connectivity index (χ4v) is 3.48. The van der Waals surface area contributed by atoms with Crippen molar-refractivity contribution in [3.8, 4) is 22.4 Å². The minimum absolute atomic E-state index is 0.00674. The second kappa shape index (κ2) is 7.32. The normalized spacial score (nSPS) is 12.1. The van der Waals surface area contributed by atoms with E-state index in [0.717, 1.165) is 6.26 Å². The summed E-state index contributed by atoms with van der Waals surface area (Å²) in [6, 6.07) is 7.87. The van der Waals surface area contributed by atoms with E-state index in [1.54, 1.807) is 0 Å². The van der Waals surface area contributed by atoms with Crippen LogP contribution in [0.25, 0.3) is 22.4 Å². The summed E-state index contributed by atoms with van der Waals surface area (Å²) in [5.74, 6) is -1.49. The Hall–Kier alpha value is -3.21. The number of carboxylic acids is 1. The van der Waals surface area contributed by atoms with Gasteiger partial charge in [0.25, 0.3) is 0 Å². The van der Waals surface area contributed by atoms with Gasteiger partial charge in [0.05, 0.1) is 4.90 Å². The van der Waals surface area contributed by atoms with Crippen LogP contribution < -0.4 is 0 Å². The number of aromatic nitrogens is 3. The first kappa shape index (κ1) is 20.5. The molecule has 29 heavy (non-hydrogen) atoms. The van der Waals surface area contributed by atoms with E-state index < -0.39 is 34.2 Å². The quantitative estimate of drug-likeness (QED) is 0.674.